The zero-order valence-corrected chi connectivity index (χ0v) is 19.5. The molecule has 1 aromatic carbocycles. The highest BCUT2D eigenvalue weighted by Crippen LogP contribution is 2.20. The Hall–Kier alpha value is -1.96. The molecule has 6 nitrogen and oxygen atoms in total. The molecule has 1 unspecified atom stereocenters. The van der Waals surface area contributed by atoms with Gasteiger partial charge in [-0.25, -0.2) is 4.39 Å². The maximum absolute atomic E-state index is 13.3. The van der Waals surface area contributed by atoms with Crippen molar-refractivity contribution in [2.45, 2.75) is 44.6 Å². The van der Waals surface area contributed by atoms with E-state index in [9.17, 15) is 19.1 Å². The lowest BCUT2D eigenvalue weighted by molar-refractivity contribution is -0.130. The van der Waals surface area contributed by atoms with Crippen LogP contribution in [0.3, 0.4) is 0 Å². The van der Waals surface area contributed by atoms with Gasteiger partial charge in [-0.15, -0.1) is 0 Å². The molecular formula is C24H33ClFN3O3. The smallest absolute Gasteiger partial charge is 0.246 e. The molecule has 2 amide bonds. The van der Waals surface area contributed by atoms with E-state index in [-0.39, 0.29) is 16.8 Å². The maximum atomic E-state index is 13.3. The molecular weight excluding hydrogens is 433 g/mol. The molecule has 0 aliphatic carbocycles. The van der Waals surface area contributed by atoms with E-state index < -0.39 is 11.4 Å². The Kier molecular flexibility index (Phi) is 8.68. The summed E-state index contributed by atoms with van der Waals surface area (Å²) in [4.78, 5) is 30.9. The van der Waals surface area contributed by atoms with Crippen LogP contribution in [0.4, 0.5) is 4.39 Å². The summed E-state index contributed by atoms with van der Waals surface area (Å²) in [5.74, 6) is -0.586. The fraction of sp³-hybridized carbons (Fsp3) is 0.583. The minimum absolute atomic E-state index is 0.0151. The number of piperidine rings is 1. The number of nitrogens with zero attached hydrogens (tertiary/aromatic N) is 3. The maximum Gasteiger partial charge on any atom is 0.246 e. The van der Waals surface area contributed by atoms with E-state index >= 15 is 0 Å². The third-order valence-corrected chi connectivity index (χ3v) is 6.46. The molecule has 2 aliphatic heterocycles. The van der Waals surface area contributed by atoms with E-state index in [0.29, 0.717) is 44.7 Å². The topological polar surface area (TPSA) is 64.1 Å². The van der Waals surface area contributed by atoms with Crippen molar-refractivity contribution in [3.63, 3.8) is 0 Å². The monoisotopic (exact) mass is 465 g/mol. The molecule has 0 radical (unpaired) electrons. The lowest BCUT2D eigenvalue weighted by Crippen LogP contribution is -2.46. The van der Waals surface area contributed by atoms with Crippen molar-refractivity contribution >= 4 is 29.5 Å². The Morgan fingerprint density at radius 3 is 2.75 bits per heavy atom. The molecule has 3 rings (SSSR count). The van der Waals surface area contributed by atoms with Crippen LogP contribution in [0.5, 0.6) is 0 Å². The average molecular weight is 466 g/mol. The van der Waals surface area contributed by atoms with Crippen molar-refractivity contribution in [1.82, 2.24) is 14.7 Å². The molecule has 1 atom stereocenters. The number of rotatable bonds is 7. The largest absolute Gasteiger partial charge is 0.389 e. The molecule has 0 bridgehead atoms. The van der Waals surface area contributed by atoms with Gasteiger partial charge in [0.05, 0.1) is 10.6 Å². The third kappa shape index (κ3) is 7.29. The summed E-state index contributed by atoms with van der Waals surface area (Å²) >= 11 is 5.78. The summed E-state index contributed by atoms with van der Waals surface area (Å²) in [5, 5.41) is 10.2. The zero-order chi connectivity index (χ0) is 23.1. The standard InChI is InChI=1S/C24H33ClFN3O3/c1-24(32)10-4-12-27(18-24)11-2-3-13-28-15-16-29(14-9-23(28)31)22(30)8-6-19-5-7-21(26)20(25)17-19/h5-8,17,32H,2-4,9-16,18H2,1H3/b8-6+. The first-order valence-electron chi connectivity index (χ1n) is 11.4. The van der Waals surface area contributed by atoms with E-state index in [4.69, 9.17) is 11.6 Å². The Labute approximate surface area is 194 Å². The van der Waals surface area contributed by atoms with Crippen molar-refractivity contribution in [3.8, 4) is 0 Å². The second-order valence-electron chi connectivity index (χ2n) is 9.05. The van der Waals surface area contributed by atoms with Crippen molar-refractivity contribution in [1.29, 1.82) is 0 Å². The van der Waals surface area contributed by atoms with Gasteiger partial charge in [-0.05, 0) is 69.5 Å². The number of carbonyl (C=O) groups excluding carboxylic acids is 2. The van der Waals surface area contributed by atoms with Gasteiger partial charge in [-0.3, -0.25) is 9.59 Å². The highest BCUT2D eigenvalue weighted by Gasteiger charge is 2.28. The van der Waals surface area contributed by atoms with Crippen LogP contribution in [0, 0.1) is 5.82 Å². The lowest BCUT2D eigenvalue weighted by Gasteiger charge is -2.36. The first kappa shape index (κ1) is 24.7. The first-order valence-corrected chi connectivity index (χ1v) is 11.8. The minimum Gasteiger partial charge on any atom is -0.389 e. The van der Waals surface area contributed by atoms with Crippen LogP contribution in [0.2, 0.25) is 5.02 Å². The molecule has 176 valence electrons. The van der Waals surface area contributed by atoms with Crippen LogP contribution in [-0.4, -0.2) is 83.0 Å². The van der Waals surface area contributed by atoms with Crippen LogP contribution in [-0.2, 0) is 9.59 Å². The number of hydrogen-bond acceptors (Lipinski definition) is 4. The van der Waals surface area contributed by atoms with Crippen molar-refractivity contribution in [2.75, 3.05) is 45.8 Å². The molecule has 2 heterocycles. The fourth-order valence-electron chi connectivity index (χ4n) is 4.36. The first-order chi connectivity index (χ1) is 15.2. The normalized spacial score (nSPS) is 23.1. The summed E-state index contributed by atoms with van der Waals surface area (Å²) in [7, 11) is 0. The van der Waals surface area contributed by atoms with E-state index in [0.717, 1.165) is 38.8 Å². The molecule has 32 heavy (non-hydrogen) atoms. The highest BCUT2D eigenvalue weighted by molar-refractivity contribution is 6.30. The number of benzene rings is 1. The molecule has 1 aromatic rings. The molecule has 0 spiro atoms. The van der Waals surface area contributed by atoms with Crippen LogP contribution < -0.4 is 0 Å². The molecule has 0 saturated carbocycles. The zero-order valence-electron chi connectivity index (χ0n) is 18.7. The van der Waals surface area contributed by atoms with E-state index in [2.05, 4.69) is 4.90 Å². The predicted molar refractivity (Wildman–Crippen MR) is 124 cm³/mol. The molecule has 1 N–H and O–H groups in total. The van der Waals surface area contributed by atoms with Crippen molar-refractivity contribution in [3.05, 3.63) is 40.7 Å². The van der Waals surface area contributed by atoms with Gasteiger partial charge in [0, 0.05) is 45.2 Å². The van der Waals surface area contributed by atoms with Gasteiger partial charge in [0.15, 0.2) is 0 Å². The van der Waals surface area contributed by atoms with Gasteiger partial charge in [0.2, 0.25) is 11.8 Å². The van der Waals surface area contributed by atoms with E-state index in [1.165, 1.54) is 18.2 Å². The Bertz CT molecular complexity index is 846. The number of β-amino-alcohol motifs (C(OH)–C–C–N with tert-alkyl or cyclic N) is 1. The number of unbranched alkanes of at least 4 members (excludes halogenated alkanes) is 1. The van der Waals surface area contributed by atoms with Gasteiger partial charge in [-0.1, -0.05) is 17.7 Å². The van der Waals surface area contributed by atoms with Crippen molar-refractivity contribution in [2.24, 2.45) is 0 Å². The van der Waals surface area contributed by atoms with Gasteiger partial charge in [0.25, 0.3) is 0 Å². The van der Waals surface area contributed by atoms with Crippen LogP contribution in [0.25, 0.3) is 6.08 Å². The fourth-order valence-corrected chi connectivity index (χ4v) is 4.55. The summed E-state index contributed by atoms with van der Waals surface area (Å²) in [6.45, 7) is 6.67. The number of hydrogen-bond donors (Lipinski definition) is 1. The lowest BCUT2D eigenvalue weighted by atomic mass is 9.95. The number of aliphatic hydroxyl groups is 1. The van der Waals surface area contributed by atoms with Gasteiger partial charge < -0.3 is 19.8 Å². The summed E-state index contributed by atoms with van der Waals surface area (Å²) < 4.78 is 13.3. The van der Waals surface area contributed by atoms with Crippen LogP contribution in [0.15, 0.2) is 24.3 Å². The van der Waals surface area contributed by atoms with Gasteiger partial charge in [0.1, 0.15) is 5.82 Å². The third-order valence-electron chi connectivity index (χ3n) is 6.17. The Morgan fingerprint density at radius 1 is 1.22 bits per heavy atom. The summed E-state index contributed by atoms with van der Waals surface area (Å²) in [6, 6.07) is 4.30. The average Bonchev–Trinajstić information content (AvgIpc) is 2.93. The quantitative estimate of drug-likeness (QED) is 0.496. The molecule has 2 fully saturated rings. The number of amides is 2. The van der Waals surface area contributed by atoms with Gasteiger partial charge in [-0.2, -0.15) is 0 Å². The Morgan fingerprint density at radius 2 is 2.00 bits per heavy atom. The summed E-state index contributed by atoms with van der Waals surface area (Å²) in [6.07, 6.45) is 7.12. The predicted octanol–water partition coefficient (Wildman–Crippen LogP) is 3.18. The van der Waals surface area contributed by atoms with Crippen molar-refractivity contribution < 1.29 is 19.1 Å². The summed E-state index contributed by atoms with van der Waals surface area (Å²) in [5.41, 5.74) is 0.0550. The minimum atomic E-state index is -0.591. The second kappa shape index (κ2) is 11.3. The second-order valence-corrected chi connectivity index (χ2v) is 9.45. The number of carbonyl (C=O) groups is 2. The number of likely N-dealkylation sites (tertiary alicyclic amines) is 1. The molecule has 2 saturated heterocycles. The van der Waals surface area contributed by atoms with E-state index in [1.54, 1.807) is 17.0 Å². The van der Waals surface area contributed by atoms with Crippen LogP contribution >= 0.6 is 11.6 Å². The molecule has 2 aliphatic rings. The highest BCUT2D eigenvalue weighted by atomic mass is 35.5. The van der Waals surface area contributed by atoms with Gasteiger partial charge >= 0.3 is 0 Å². The Balaban J connectivity index is 1.42. The molecule has 0 aromatic heterocycles. The van der Waals surface area contributed by atoms with E-state index in [1.807, 2.05) is 11.8 Å². The van der Waals surface area contributed by atoms with Crippen LogP contribution in [0.1, 0.15) is 44.6 Å². The number of halogens is 2. The SMILES string of the molecule is CC1(O)CCCN(CCCCN2CCN(C(=O)/C=C/c3ccc(F)c(Cl)c3)CCC2=O)C1. The molecule has 8 heteroatoms.